The van der Waals surface area contributed by atoms with Gasteiger partial charge in [0.05, 0.1) is 16.3 Å². The van der Waals surface area contributed by atoms with Crippen LogP contribution in [0.4, 0.5) is 20.6 Å². The van der Waals surface area contributed by atoms with Crippen LogP contribution in [0, 0.1) is 12.7 Å². The van der Waals surface area contributed by atoms with E-state index >= 15 is 0 Å². The van der Waals surface area contributed by atoms with Gasteiger partial charge in [0, 0.05) is 0 Å². The molecule has 0 spiro atoms. The number of rotatable bonds is 4. The first-order chi connectivity index (χ1) is 12.0. The lowest BCUT2D eigenvalue weighted by atomic mass is 10.2. The predicted molar refractivity (Wildman–Crippen MR) is 98.2 cm³/mol. The Morgan fingerprint density at radius 2 is 1.69 bits per heavy atom. The van der Waals surface area contributed by atoms with Crippen LogP contribution in [0.15, 0.2) is 47.4 Å². The summed E-state index contributed by atoms with van der Waals surface area (Å²) >= 11 is 0. The Bertz CT molecular complexity index is 904. The molecule has 8 heteroatoms. The maximum absolute atomic E-state index is 13.9. The van der Waals surface area contributed by atoms with E-state index in [4.69, 9.17) is 4.74 Å². The third kappa shape index (κ3) is 5.45. The average molecular weight is 380 g/mol. The number of benzene rings is 2. The van der Waals surface area contributed by atoms with E-state index in [-0.39, 0.29) is 16.3 Å². The molecule has 0 aliphatic rings. The second-order valence-corrected chi connectivity index (χ2v) is 8.42. The molecule has 0 heterocycles. The topological polar surface area (TPSA) is 84.5 Å². The van der Waals surface area contributed by atoms with Crippen molar-refractivity contribution in [2.24, 2.45) is 0 Å². The van der Waals surface area contributed by atoms with Gasteiger partial charge in [-0.05, 0) is 58.0 Å². The first-order valence-electron chi connectivity index (χ1n) is 7.85. The molecule has 140 valence electrons. The minimum Gasteiger partial charge on any atom is -0.444 e. The number of hydrogen-bond acceptors (Lipinski definition) is 4. The first kappa shape index (κ1) is 19.7. The molecule has 0 aliphatic carbocycles. The highest BCUT2D eigenvalue weighted by Crippen LogP contribution is 2.23. The van der Waals surface area contributed by atoms with Gasteiger partial charge in [0.1, 0.15) is 11.4 Å². The molecule has 0 fully saturated rings. The van der Waals surface area contributed by atoms with Crippen molar-refractivity contribution in [1.82, 2.24) is 0 Å². The highest BCUT2D eigenvalue weighted by atomic mass is 32.2. The number of sulfonamides is 1. The van der Waals surface area contributed by atoms with Crippen molar-refractivity contribution in [3.63, 3.8) is 0 Å². The summed E-state index contributed by atoms with van der Waals surface area (Å²) < 4.78 is 46.1. The van der Waals surface area contributed by atoms with Crippen molar-refractivity contribution < 1.29 is 22.3 Å². The summed E-state index contributed by atoms with van der Waals surface area (Å²) in [4.78, 5) is 11.9. The van der Waals surface area contributed by atoms with Gasteiger partial charge in [0.25, 0.3) is 10.0 Å². The van der Waals surface area contributed by atoms with E-state index in [0.29, 0.717) is 0 Å². The summed E-state index contributed by atoms with van der Waals surface area (Å²) in [6.45, 7) is 6.87. The number of amides is 1. The van der Waals surface area contributed by atoms with Gasteiger partial charge < -0.3 is 4.74 Å². The van der Waals surface area contributed by atoms with Crippen LogP contribution >= 0.6 is 0 Å². The molecule has 0 atom stereocenters. The van der Waals surface area contributed by atoms with Gasteiger partial charge in [-0.25, -0.2) is 17.6 Å². The molecule has 0 radical (unpaired) electrons. The van der Waals surface area contributed by atoms with E-state index in [0.717, 1.165) is 11.6 Å². The van der Waals surface area contributed by atoms with Gasteiger partial charge in [0.15, 0.2) is 0 Å². The number of anilines is 2. The Labute approximate surface area is 152 Å². The van der Waals surface area contributed by atoms with Crippen molar-refractivity contribution in [3.8, 4) is 0 Å². The SMILES string of the molecule is Cc1ccc(S(=O)(=O)Nc2ccc(F)c(NC(=O)OC(C)(C)C)c2)cc1. The third-order valence-corrected chi connectivity index (χ3v) is 4.58. The standard InChI is InChI=1S/C18H21FN2O4S/c1-12-5-8-14(9-6-12)26(23,24)21-13-7-10-15(19)16(11-13)20-17(22)25-18(2,3)4/h5-11,21H,1-4H3,(H,20,22). The summed E-state index contributed by atoms with van der Waals surface area (Å²) in [6, 6.07) is 9.80. The van der Waals surface area contributed by atoms with Crippen molar-refractivity contribution >= 4 is 27.5 Å². The molecule has 0 unspecified atom stereocenters. The zero-order chi connectivity index (χ0) is 19.5. The lowest BCUT2D eigenvalue weighted by Crippen LogP contribution is -2.27. The largest absolute Gasteiger partial charge is 0.444 e. The Morgan fingerprint density at radius 1 is 1.08 bits per heavy atom. The maximum Gasteiger partial charge on any atom is 0.412 e. The zero-order valence-electron chi connectivity index (χ0n) is 15.0. The summed E-state index contributed by atoms with van der Waals surface area (Å²) in [6.07, 6.45) is -0.838. The van der Waals surface area contributed by atoms with E-state index in [2.05, 4.69) is 10.0 Å². The van der Waals surface area contributed by atoms with Gasteiger partial charge in [-0.15, -0.1) is 0 Å². The number of ether oxygens (including phenoxy) is 1. The minimum atomic E-state index is -3.83. The minimum absolute atomic E-state index is 0.0778. The molecule has 2 aromatic carbocycles. The first-order valence-corrected chi connectivity index (χ1v) is 9.34. The molecule has 26 heavy (non-hydrogen) atoms. The average Bonchev–Trinajstić information content (AvgIpc) is 2.49. The van der Waals surface area contributed by atoms with E-state index in [1.54, 1.807) is 32.9 Å². The van der Waals surface area contributed by atoms with E-state index in [1.165, 1.54) is 24.3 Å². The third-order valence-electron chi connectivity index (χ3n) is 3.19. The summed E-state index contributed by atoms with van der Waals surface area (Å²) in [5.74, 6) is -0.714. The van der Waals surface area contributed by atoms with Crippen LogP contribution in [0.3, 0.4) is 0 Å². The van der Waals surface area contributed by atoms with Gasteiger partial charge >= 0.3 is 6.09 Å². The normalized spacial score (nSPS) is 11.7. The fourth-order valence-corrected chi connectivity index (χ4v) is 3.08. The Balaban J connectivity index is 2.21. The van der Waals surface area contributed by atoms with Crippen molar-refractivity contribution in [3.05, 3.63) is 53.8 Å². The van der Waals surface area contributed by atoms with Gasteiger partial charge in [-0.2, -0.15) is 0 Å². The number of carbonyl (C=O) groups excluding carboxylic acids is 1. The van der Waals surface area contributed by atoms with Crippen LogP contribution in [0.2, 0.25) is 0 Å². The fraction of sp³-hybridized carbons (Fsp3) is 0.278. The number of carbonyl (C=O) groups is 1. The monoisotopic (exact) mass is 380 g/mol. The molecule has 0 saturated carbocycles. The van der Waals surface area contributed by atoms with Crippen molar-refractivity contribution in [2.75, 3.05) is 10.0 Å². The molecule has 0 aliphatic heterocycles. The predicted octanol–water partition coefficient (Wildman–Crippen LogP) is 4.28. The van der Waals surface area contributed by atoms with E-state index < -0.39 is 27.5 Å². The number of nitrogens with one attached hydrogen (secondary N) is 2. The molecule has 2 rings (SSSR count). The zero-order valence-corrected chi connectivity index (χ0v) is 15.8. The van der Waals surface area contributed by atoms with Crippen LogP contribution in [-0.2, 0) is 14.8 Å². The number of hydrogen-bond donors (Lipinski definition) is 2. The molecule has 0 saturated heterocycles. The van der Waals surface area contributed by atoms with Crippen LogP contribution in [0.1, 0.15) is 26.3 Å². The number of aryl methyl sites for hydroxylation is 1. The quantitative estimate of drug-likeness (QED) is 0.829. The van der Waals surface area contributed by atoms with Gasteiger partial charge in [-0.1, -0.05) is 17.7 Å². The Morgan fingerprint density at radius 3 is 2.27 bits per heavy atom. The molecular weight excluding hydrogens is 359 g/mol. The second kappa shape index (κ2) is 7.33. The summed E-state index contributed by atoms with van der Waals surface area (Å²) in [5, 5.41) is 2.27. The van der Waals surface area contributed by atoms with Crippen LogP contribution in [-0.4, -0.2) is 20.1 Å². The van der Waals surface area contributed by atoms with Crippen LogP contribution in [0.5, 0.6) is 0 Å². The summed E-state index contributed by atoms with van der Waals surface area (Å²) in [5.41, 5.74) is 0.0986. The molecule has 1 amide bonds. The van der Waals surface area contributed by atoms with Crippen molar-refractivity contribution in [1.29, 1.82) is 0 Å². The lowest BCUT2D eigenvalue weighted by Gasteiger charge is -2.20. The fourth-order valence-electron chi connectivity index (χ4n) is 2.03. The van der Waals surface area contributed by atoms with E-state index in [1.807, 2.05) is 6.92 Å². The maximum atomic E-state index is 13.9. The van der Waals surface area contributed by atoms with Crippen LogP contribution in [0.25, 0.3) is 0 Å². The summed E-state index contributed by atoms with van der Waals surface area (Å²) in [7, 11) is -3.83. The van der Waals surface area contributed by atoms with Gasteiger partial charge in [0.2, 0.25) is 0 Å². The molecule has 2 aromatic rings. The molecular formula is C18H21FN2O4S. The van der Waals surface area contributed by atoms with Crippen molar-refractivity contribution in [2.45, 2.75) is 38.2 Å². The molecule has 2 N–H and O–H groups in total. The highest BCUT2D eigenvalue weighted by molar-refractivity contribution is 7.92. The molecule has 6 nitrogen and oxygen atoms in total. The van der Waals surface area contributed by atoms with E-state index in [9.17, 15) is 17.6 Å². The van der Waals surface area contributed by atoms with Gasteiger partial charge in [-0.3, -0.25) is 10.0 Å². The van der Waals surface area contributed by atoms with Crippen LogP contribution < -0.4 is 10.0 Å². The molecule has 0 aromatic heterocycles. The lowest BCUT2D eigenvalue weighted by molar-refractivity contribution is 0.0635. The smallest absolute Gasteiger partial charge is 0.412 e. The number of halogens is 1. The Kier molecular flexibility index (Phi) is 5.56. The highest BCUT2D eigenvalue weighted by Gasteiger charge is 2.19. The second-order valence-electron chi connectivity index (χ2n) is 6.74. The Hall–Kier alpha value is -2.61. The molecule has 0 bridgehead atoms.